The summed E-state index contributed by atoms with van der Waals surface area (Å²) in [4.78, 5) is 34.7. The van der Waals surface area contributed by atoms with Crippen LogP contribution < -0.4 is 10.6 Å². The van der Waals surface area contributed by atoms with Crippen molar-refractivity contribution in [2.75, 3.05) is 20.1 Å². The standard InChI is InChI=1S/C11H21N3O4/c1-7(2)5-12-11(18)13-9(15)6-14(4)8(3)10(16)17/h7-8H,5-6H2,1-4H3,(H,16,17)(H2,12,13,15,18). The number of hydrogen-bond donors (Lipinski definition) is 3. The molecule has 0 aliphatic carbocycles. The Kier molecular flexibility index (Phi) is 6.96. The number of hydrogen-bond acceptors (Lipinski definition) is 4. The second-order valence-electron chi connectivity index (χ2n) is 4.58. The van der Waals surface area contributed by atoms with Crippen molar-refractivity contribution in [2.24, 2.45) is 5.92 Å². The Bertz CT molecular complexity index is 317. The van der Waals surface area contributed by atoms with Crippen molar-refractivity contribution in [1.82, 2.24) is 15.5 Å². The molecule has 0 rings (SSSR count). The fourth-order valence-corrected chi connectivity index (χ4v) is 1.06. The van der Waals surface area contributed by atoms with Crippen LogP contribution >= 0.6 is 0 Å². The number of urea groups is 1. The number of nitrogens with zero attached hydrogens (tertiary/aromatic N) is 1. The fourth-order valence-electron chi connectivity index (χ4n) is 1.06. The number of likely N-dealkylation sites (N-methyl/N-ethyl adjacent to an activating group) is 1. The summed E-state index contributed by atoms with van der Waals surface area (Å²) in [6, 6.07) is -1.35. The predicted molar refractivity (Wildman–Crippen MR) is 66.1 cm³/mol. The number of nitrogens with one attached hydrogen (secondary N) is 2. The van der Waals surface area contributed by atoms with Gasteiger partial charge in [0.15, 0.2) is 0 Å². The van der Waals surface area contributed by atoms with Gasteiger partial charge >= 0.3 is 12.0 Å². The average Bonchev–Trinajstić information content (AvgIpc) is 2.24. The molecular formula is C11H21N3O4. The molecule has 0 fully saturated rings. The molecule has 0 aromatic rings. The summed E-state index contributed by atoms with van der Waals surface area (Å²) < 4.78 is 0. The highest BCUT2D eigenvalue weighted by Crippen LogP contribution is 1.94. The summed E-state index contributed by atoms with van der Waals surface area (Å²) in [5.41, 5.74) is 0. The van der Waals surface area contributed by atoms with Crippen molar-refractivity contribution in [3.8, 4) is 0 Å². The molecule has 0 heterocycles. The minimum Gasteiger partial charge on any atom is -0.480 e. The Balaban J connectivity index is 4.03. The van der Waals surface area contributed by atoms with E-state index in [1.807, 2.05) is 13.8 Å². The first-order valence-corrected chi connectivity index (χ1v) is 5.74. The van der Waals surface area contributed by atoms with Gasteiger partial charge in [0, 0.05) is 6.54 Å². The lowest BCUT2D eigenvalue weighted by atomic mass is 10.2. The molecule has 0 aromatic heterocycles. The zero-order chi connectivity index (χ0) is 14.3. The summed E-state index contributed by atoms with van der Waals surface area (Å²) in [6.07, 6.45) is 0. The number of carbonyl (C=O) groups excluding carboxylic acids is 2. The third-order valence-corrected chi connectivity index (χ3v) is 2.34. The topological polar surface area (TPSA) is 98.7 Å². The molecular weight excluding hydrogens is 238 g/mol. The maximum absolute atomic E-state index is 11.4. The number of amides is 3. The lowest BCUT2D eigenvalue weighted by Gasteiger charge is -2.20. The van der Waals surface area contributed by atoms with Crippen LogP contribution in [0.25, 0.3) is 0 Å². The smallest absolute Gasteiger partial charge is 0.321 e. The van der Waals surface area contributed by atoms with Gasteiger partial charge < -0.3 is 10.4 Å². The molecule has 104 valence electrons. The van der Waals surface area contributed by atoms with Crippen LogP contribution in [0.15, 0.2) is 0 Å². The SMILES string of the molecule is CC(C)CNC(=O)NC(=O)CN(C)C(C)C(=O)O. The number of aliphatic carboxylic acids is 1. The summed E-state index contributed by atoms with van der Waals surface area (Å²) in [5, 5.41) is 13.4. The molecule has 7 heteroatoms. The van der Waals surface area contributed by atoms with Crippen molar-refractivity contribution in [2.45, 2.75) is 26.8 Å². The number of carbonyl (C=O) groups is 3. The van der Waals surface area contributed by atoms with E-state index in [2.05, 4.69) is 10.6 Å². The summed E-state index contributed by atoms with van der Waals surface area (Å²) >= 11 is 0. The van der Waals surface area contributed by atoms with E-state index < -0.39 is 23.9 Å². The van der Waals surface area contributed by atoms with Gasteiger partial charge in [0.2, 0.25) is 5.91 Å². The molecule has 18 heavy (non-hydrogen) atoms. The molecule has 1 unspecified atom stereocenters. The largest absolute Gasteiger partial charge is 0.480 e. The van der Waals surface area contributed by atoms with Crippen LogP contribution in [0.5, 0.6) is 0 Å². The Morgan fingerprint density at radius 1 is 1.22 bits per heavy atom. The Morgan fingerprint density at radius 2 is 1.78 bits per heavy atom. The molecule has 0 aliphatic rings. The predicted octanol–water partition coefficient (Wildman–Crippen LogP) is -0.127. The third-order valence-electron chi connectivity index (χ3n) is 2.34. The molecule has 0 saturated heterocycles. The van der Waals surface area contributed by atoms with E-state index in [0.29, 0.717) is 12.5 Å². The van der Waals surface area contributed by atoms with Crippen LogP contribution in [0.2, 0.25) is 0 Å². The molecule has 0 aliphatic heterocycles. The Morgan fingerprint density at radius 3 is 2.22 bits per heavy atom. The first kappa shape index (κ1) is 16.4. The molecule has 0 bridgehead atoms. The lowest BCUT2D eigenvalue weighted by Crippen LogP contribution is -2.47. The van der Waals surface area contributed by atoms with Crippen LogP contribution in [-0.4, -0.2) is 54.1 Å². The number of carboxylic acid groups (broad SMARTS) is 1. The highest BCUT2D eigenvalue weighted by atomic mass is 16.4. The van der Waals surface area contributed by atoms with Gasteiger partial charge in [-0.2, -0.15) is 0 Å². The zero-order valence-electron chi connectivity index (χ0n) is 11.2. The second-order valence-corrected chi connectivity index (χ2v) is 4.58. The van der Waals surface area contributed by atoms with Gasteiger partial charge in [-0.1, -0.05) is 13.8 Å². The van der Waals surface area contributed by atoms with Crippen LogP contribution in [-0.2, 0) is 9.59 Å². The van der Waals surface area contributed by atoms with Gasteiger partial charge in [0.25, 0.3) is 0 Å². The molecule has 0 spiro atoms. The van der Waals surface area contributed by atoms with Crippen molar-refractivity contribution in [3.05, 3.63) is 0 Å². The number of imide groups is 1. The first-order chi connectivity index (χ1) is 8.23. The molecule has 3 N–H and O–H groups in total. The van der Waals surface area contributed by atoms with Crippen molar-refractivity contribution >= 4 is 17.9 Å². The van der Waals surface area contributed by atoms with Gasteiger partial charge in [-0.15, -0.1) is 0 Å². The summed E-state index contributed by atoms with van der Waals surface area (Å²) in [5.74, 6) is -1.26. The molecule has 7 nitrogen and oxygen atoms in total. The van der Waals surface area contributed by atoms with E-state index in [-0.39, 0.29) is 6.54 Å². The Labute approximate surface area is 107 Å². The van der Waals surface area contributed by atoms with Gasteiger partial charge in [0.1, 0.15) is 6.04 Å². The van der Waals surface area contributed by atoms with Gasteiger partial charge in [-0.05, 0) is 19.9 Å². The highest BCUT2D eigenvalue weighted by molar-refractivity contribution is 5.95. The molecule has 0 aromatic carbocycles. The normalized spacial score (nSPS) is 12.3. The number of rotatable bonds is 6. The van der Waals surface area contributed by atoms with Crippen molar-refractivity contribution < 1.29 is 19.5 Å². The quantitative estimate of drug-likeness (QED) is 0.617. The number of carboxylic acids is 1. The van der Waals surface area contributed by atoms with Gasteiger partial charge in [0.05, 0.1) is 6.54 Å². The van der Waals surface area contributed by atoms with E-state index in [1.165, 1.54) is 18.9 Å². The van der Waals surface area contributed by atoms with E-state index in [0.717, 1.165) is 0 Å². The van der Waals surface area contributed by atoms with Crippen LogP contribution in [0.3, 0.4) is 0 Å². The van der Waals surface area contributed by atoms with Crippen molar-refractivity contribution in [1.29, 1.82) is 0 Å². The maximum atomic E-state index is 11.4. The van der Waals surface area contributed by atoms with Gasteiger partial charge in [-0.25, -0.2) is 4.79 Å². The Hall–Kier alpha value is -1.63. The molecule has 0 saturated carbocycles. The molecule has 1 atom stereocenters. The van der Waals surface area contributed by atoms with E-state index >= 15 is 0 Å². The summed E-state index contributed by atoms with van der Waals surface area (Å²) in [7, 11) is 1.50. The molecule has 0 radical (unpaired) electrons. The lowest BCUT2D eigenvalue weighted by molar-refractivity contribution is -0.142. The fraction of sp³-hybridized carbons (Fsp3) is 0.727. The molecule has 3 amide bonds. The van der Waals surface area contributed by atoms with Crippen LogP contribution in [0.1, 0.15) is 20.8 Å². The summed E-state index contributed by atoms with van der Waals surface area (Å²) in [6.45, 7) is 5.66. The monoisotopic (exact) mass is 259 g/mol. The zero-order valence-corrected chi connectivity index (χ0v) is 11.2. The first-order valence-electron chi connectivity index (χ1n) is 5.74. The minimum absolute atomic E-state index is 0.150. The average molecular weight is 259 g/mol. The van der Waals surface area contributed by atoms with E-state index in [4.69, 9.17) is 5.11 Å². The van der Waals surface area contributed by atoms with Crippen LogP contribution in [0, 0.1) is 5.92 Å². The van der Waals surface area contributed by atoms with Crippen LogP contribution in [0.4, 0.5) is 4.79 Å². The second kappa shape index (κ2) is 7.65. The third kappa shape index (κ3) is 6.85. The van der Waals surface area contributed by atoms with E-state index in [9.17, 15) is 14.4 Å². The van der Waals surface area contributed by atoms with E-state index in [1.54, 1.807) is 0 Å². The highest BCUT2D eigenvalue weighted by Gasteiger charge is 2.19. The minimum atomic E-state index is -1.02. The van der Waals surface area contributed by atoms with Gasteiger partial charge in [-0.3, -0.25) is 19.8 Å². The van der Waals surface area contributed by atoms with Crippen molar-refractivity contribution in [3.63, 3.8) is 0 Å². The maximum Gasteiger partial charge on any atom is 0.321 e.